The van der Waals surface area contributed by atoms with Gasteiger partial charge in [-0.15, -0.1) is 10.2 Å². The van der Waals surface area contributed by atoms with E-state index in [0.29, 0.717) is 16.4 Å². The lowest BCUT2D eigenvalue weighted by Crippen LogP contribution is -2.32. The van der Waals surface area contributed by atoms with E-state index in [-0.39, 0.29) is 30.0 Å². The Morgan fingerprint density at radius 2 is 2.14 bits per heavy atom. The smallest absolute Gasteiger partial charge is 0.314 e. The summed E-state index contributed by atoms with van der Waals surface area (Å²) < 4.78 is 31.8. The number of amides is 1. The van der Waals surface area contributed by atoms with Crippen molar-refractivity contribution < 1.29 is 18.0 Å². The van der Waals surface area contributed by atoms with Gasteiger partial charge in [0.15, 0.2) is 0 Å². The number of carbonyl (C=O) groups excluding carboxylic acids is 1. The lowest BCUT2D eigenvalue weighted by Gasteiger charge is -2.23. The molecule has 146 valence electrons. The largest absolute Gasteiger partial charge is 0.413 e. The minimum absolute atomic E-state index is 0.0104. The lowest BCUT2D eigenvalue weighted by molar-refractivity contribution is -0.119. The van der Waals surface area contributed by atoms with Gasteiger partial charge in [0.1, 0.15) is 5.69 Å². The number of hydrogen-bond donors (Lipinski definition) is 0. The summed E-state index contributed by atoms with van der Waals surface area (Å²) in [6.45, 7) is 0.245. The normalized spacial score (nSPS) is 13.9. The number of benzene rings is 1. The van der Waals surface area contributed by atoms with Crippen molar-refractivity contribution in [3.8, 4) is 11.6 Å². The quantitative estimate of drug-likeness (QED) is 0.617. The zero-order chi connectivity index (χ0) is 19.8. The van der Waals surface area contributed by atoms with Gasteiger partial charge in [-0.25, -0.2) is 0 Å². The number of alkyl halides is 2. The van der Waals surface area contributed by atoms with E-state index in [9.17, 15) is 13.6 Å². The van der Waals surface area contributed by atoms with Crippen molar-refractivity contribution in [2.75, 3.05) is 4.90 Å². The minimum Gasteiger partial charge on any atom is -0.413 e. The molecule has 28 heavy (non-hydrogen) atoms. The highest BCUT2D eigenvalue weighted by atomic mass is 35.5. The lowest BCUT2D eigenvalue weighted by atomic mass is 10.2. The van der Waals surface area contributed by atoms with Gasteiger partial charge in [0, 0.05) is 23.7 Å². The van der Waals surface area contributed by atoms with E-state index >= 15 is 0 Å². The summed E-state index contributed by atoms with van der Waals surface area (Å²) in [5.74, 6) is -0.828. The average molecular weight is 408 g/mol. The number of rotatable bonds is 6. The van der Waals surface area contributed by atoms with Crippen molar-refractivity contribution in [3.63, 3.8) is 0 Å². The Morgan fingerprint density at radius 1 is 1.36 bits per heavy atom. The van der Waals surface area contributed by atoms with E-state index in [0.717, 1.165) is 12.8 Å². The fourth-order valence-electron chi connectivity index (χ4n) is 2.84. The third-order valence-electron chi connectivity index (χ3n) is 4.46. The number of aromatic nitrogens is 4. The number of nitrogens with zero attached hydrogens (tertiary/aromatic N) is 5. The number of hydrogen-bond acceptors (Lipinski definition) is 5. The molecule has 1 amide bonds. The number of aryl methyl sites for hydroxylation is 1. The number of carbonyl (C=O) groups is 1. The van der Waals surface area contributed by atoms with E-state index < -0.39 is 12.3 Å². The summed E-state index contributed by atoms with van der Waals surface area (Å²) in [6.07, 6.45) is -1.12. The Morgan fingerprint density at radius 3 is 2.79 bits per heavy atom. The molecule has 0 spiro atoms. The van der Waals surface area contributed by atoms with Gasteiger partial charge in [-0.1, -0.05) is 17.7 Å². The van der Waals surface area contributed by atoms with E-state index in [2.05, 4.69) is 15.3 Å². The fourth-order valence-corrected chi connectivity index (χ4v) is 3.02. The second-order valence-electron chi connectivity index (χ2n) is 6.57. The van der Waals surface area contributed by atoms with Gasteiger partial charge in [0.2, 0.25) is 5.91 Å². The molecule has 0 radical (unpaired) electrons. The molecule has 2 heterocycles. The first-order chi connectivity index (χ1) is 13.4. The van der Waals surface area contributed by atoms with Crippen LogP contribution in [0.1, 0.15) is 30.9 Å². The molecule has 0 N–H and O–H groups in total. The first-order valence-electron chi connectivity index (χ1n) is 8.64. The molecule has 1 saturated carbocycles. The topological polar surface area (TPSA) is 77.1 Å². The Hall–Kier alpha value is -2.81. The Balaban J connectivity index is 1.63. The summed E-state index contributed by atoms with van der Waals surface area (Å²) in [5, 5.41) is 11.7. The summed E-state index contributed by atoms with van der Waals surface area (Å²) in [5.41, 5.74) is 1.63. The molecule has 10 heteroatoms. The summed E-state index contributed by atoms with van der Waals surface area (Å²) in [4.78, 5) is 14.5. The van der Waals surface area contributed by atoms with Crippen LogP contribution in [0.3, 0.4) is 0 Å². The zero-order valence-electron chi connectivity index (χ0n) is 14.8. The second kappa shape index (κ2) is 7.31. The monoisotopic (exact) mass is 407 g/mol. The maximum Gasteiger partial charge on any atom is 0.314 e. The predicted molar refractivity (Wildman–Crippen MR) is 96.8 cm³/mol. The van der Waals surface area contributed by atoms with Crippen molar-refractivity contribution in [2.24, 2.45) is 13.0 Å². The van der Waals surface area contributed by atoms with Crippen LogP contribution in [0, 0.1) is 5.92 Å². The van der Waals surface area contributed by atoms with Crippen LogP contribution in [0.2, 0.25) is 5.02 Å². The number of halogens is 3. The first-order valence-corrected chi connectivity index (χ1v) is 9.02. The molecule has 0 unspecified atom stereocenters. The molecule has 0 saturated heterocycles. The van der Waals surface area contributed by atoms with Crippen LogP contribution in [0.4, 0.5) is 14.5 Å². The molecule has 1 fully saturated rings. The van der Waals surface area contributed by atoms with Gasteiger partial charge in [-0.3, -0.25) is 9.48 Å². The third-order valence-corrected chi connectivity index (χ3v) is 4.69. The zero-order valence-corrected chi connectivity index (χ0v) is 15.6. The SMILES string of the molecule is Cn1nc(-c2nnc(C(F)F)o2)cc1CN(C(=O)C1CC1)c1cccc(Cl)c1. The van der Waals surface area contributed by atoms with Crippen molar-refractivity contribution in [2.45, 2.75) is 25.8 Å². The molecule has 1 aliphatic carbocycles. The Labute approximate surface area is 163 Å². The molecule has 0 atom stereocenters. The molecule has 4 rings (SSSR count). The summed E-state index contributed by atoms with van der Waals surface area (Å²) in [7, 11) is 1.70. The van der Waals surface area contributed by atoms with Crippen LogP contribution in [0.25, 0.3) is 11.6 Å². The molecule has 3 aromatic rings. The highest BCUT2D eigenvalue weighted by Crippen LogP contribution is 2.34. The predicted octanol–water partition coefficient (Wildman–Crippen LogP) is 4.00. The van der Waals surface area contributed by atoms with Crippen LogP contribution in [0.15, 0.2) is 34.7 Å². The van der Waals surface area contributed by atoms with E-state index in [1.165, 1.54) is 0 Å². The fraction of sp³-hybridized carbons (Fsp3) is 0.333. The summed E-state index contributed by atoms with van der Waals surface area (Å²) >= 11 is 6.09. The molecule has 1 aliphatic rings. The van der Waals surface area contributed by atoms with E-state index in [1.807, 2.05) is 6.07 Å². The van der Waals surface area contributed by atoms with Crippen molar-refractivity contribution in [1.82, 2.24) is 20.0 Å². The average Bonchev–Trinajstić information content (AvgIpc) is 3.27. The van der Waals surface area contributed by atoms with Gasteiger partial charge < -0.3 is 9.32 Å². The Bertz CT molecular complexity index is 1020. The molecule has 0 aliphatic heterocycles. The van der Waals surface area contributed by atoms with Gasteiger partial charge in [-0.05, 0) is 37.1 Å². The van der Waals surface area contributed by atoms with Crippen LogP contribution in [0.5, 0.6) is 0 Å². The Kier molecular flexibility index (Phi) is 4.84. The maximum atomic E-state index is 12.8. The van der Waals surface area contributed by atoms with Crippen LogP contribution >= 0.6 is 11.6 Å². The van der Waals surface area contributed by atoms with Crippen LogP contribution in [-0.2, 0) is 18.4 Å². The molecular formula is C18H16ClF2N5O2. The van der Waals surface area contributed by atoms with E-state index in [1.54, 1.807) is 40.9 Å². The van der Waals surface area contributed by atoms with Gasteiger partial charge in [0.25, 0.3) is 11.8 Å². The first kappa shape index (κ1) is 18.5. The molecular weight excluding hydrogens is 392 g/mol. The van der Waals surface area contributed by atoms with Crippen molar-refractivity contribution >= 4 is 23.2 Å². The second-order valence-corrected chi connectivity index (χ2v) is 7.01. The van der Waals surface area contributed by atoms with Crippen LogP contribution in [-0.4, -0.2) is 25.9 Å². The number of anilines is 1. The standard InChI is InChI=1S/C18H16ClF2N5O2/c1-25-13(8-14(24-25)16-22-23-17(28-16)15(20)21)9-26(18(27)10-5-6-10)12-4-2-3-11(19)7-12/h2-4,7-8,10,15H,5-6,9H2,1H3. The third kappa shape index (κ3) is 3.75. The molecule has 7 nitrogen and oxygen atoms in total. The van der Waals surface area contributed by atoms with E-state index in [4.69, 9.17) is 16.0 Å². The summed E-state index contributed by atoms with van der Waals surface area (Å²) in [6, 6.07) is 8.70. The highest BCUT2D eigenvalue weighted by molar-refractivity contribution is 6.30. The van der Waals surface area contributed by atoms with Crippen molar-refractivity contribution in [3.05, 3.63) is 46.9 Å². The maximum absolute atomic E-state index is 12.8. The molecule has 2 aromatic heterocycles. The van der Waals surface area contributed by atoms with Crippen molar-refractivity contribution in [1.29, 1.82) is 0 Å². The van der Waals surface area contributed by atoms with Gasteiger partial charge in [0.05, 0.1) is 12.2 Å². The van der Waals surface area contributed by atoms with Gasteiger partial charge >= 0.3 is 6.43 Å². The molecule has 0 bridgehead atoms. The highest BCUT2D eigenvalue weighted by Gasteiger charge is 2.34. The molecule has 1 aromatic carbocycles. The van der Waals surface area contributed by atoms with Gasteiger partial charge in [-0.2, -0.15) is 13.9 Å². The minimum atomic E-state index is -2.85. The van der Waals surface area contributed by atoms with Crippen LogP contribution < -0.4 is 4.90 Å².